The molecule has 1 aromatic heterocycles. The summed E-state index contributed by atoms with van der Waals surface area (Å²) >= 11 is 0. The molecule has 21 heavy (non-hydrogen) atoms. The number of rotatable bonds is 2. The second-order valence-electron chi connectivity index (χ2n) is 5.25. The standard InChI is InChI=1S/C14H19N3O4/c1-19-13(18)10-7-12(16-8-11(10)15)17-4-2-3-14(9-17)20-5-6-21-14/h7-8H,2-6,9,15H2,1H3. The lowest BCUT2D eigenvalue weighted by atomic mass is 10.0. The number of aromatic nitrogens is 1. The fraction of sp³-hybridized carbons (Fsp3) is 0.571. The van der Waals surface area contributed by atoms with E-state index in [4.69, 9.17) is 19.9 Å². The van der Waals surface area contributed by atoms with Gasteiger partial charge in [-0.1, -0.05) is 0 Å². The van der Waals surface area contributed by atoms with Crippen LogP contribution in [0.1, 0.15) is 23.2 Å². The molecule has 7 nitrogen and oxygen atoms in total. The molecule has 0 radical (unpaired) electrons. The van der Waals surface area contributed by atoms with Crippen LogP contribution in [0.15, 0.2) is 12.3 Å². The van der Waals surface area contributed by atoms with E-state index in [9.17, 15) is 4.79 Å². The molecule has 0 unspecified atom stereocenters. The average molecular weight is 293 g/mol. The second-order valence-corrected chi connectivity index (χ2v) is 5.25. The molecule has 1 aromatic rings. The monoisotopic (exact) mass is 293 g/mol. The minimum atomic E-state index is -0.535. The first-order chi connectivity index (χ1) is 10.1. The highest BCUT2D eigenvalue weighted by Gasteiger charge is 2.41. The summed E-state index contributed by atoms with van der Waals surface area (Å²) in [5, 5.41) is 0. The van der Waals surface area contributed by atoms with Crippen molar-refractivity contribution in [3.05, 3.63) is 17.8 Å². The maximum atomic E-state index is 11.7. The molecular formula is C14H19N3O4. The van der Waals surface area contributed by atoms with Gasteiger partial charge in [0, 0.05) is 13.0 Å². The molecule has 0 saturated carbocycles. The summed E-state index contributed by atoms with van der Waals surface area (Å²) in [5.74, 6) is -0.314. The van der Waals surface area contributed by atoms with Crippen LogP contribution in [-0.2, 0) is 14.2 Å². The molecule has 3 heterocycles. The molecule has 0 aliphatic carbocycles. The van der Waals surface area contributed by atoms with Gasteiger partial charge in [0.1, 0.15) is 5.82 Å². The number of piperidine rings is 1. The van der Waals surface area contributed by atoms with Gasteiger partial charge in [-0.15, -0.1) is 0 Å². The Balaban J connectivity index is 1.84. The zero-order valence-electron chi connectivity index (χ0n) is 12.0. The fourth-order valence-electron chi connectivity index (χ4n) is 2.83. The van der Waals surface area contributed by atoms with Crippen molar-refractivity contribution in [2.24, 2.45) is 0 Å². The van der Waals surface area contributed by atoms with Crippen LogP contribution < -0.4 is 10.6 Å². The second kappa shape index (κ2) is 5.50. The number of ether oxygens (including phenoxy) is 3. The summed E-state index contributed by atoms with van der Waals surface area (Å²) in [6, 6.07) is 1.66. The smallest absolute Gasteiger partial charge is 0.340 e. The van der Waals surface area contributed by atoms with Crippen molar-refractivity contribution in [1.82, 2.24) is 4.98 Å². The number of hydrogen-bond acceptors (Lipinski definition) is 7. The van der Waals surface area contributed by atoms with E-state index < -0.39 is 11.8 Å². The quantitative estimate of drug-likeness (QED) is 0.807. The molecular weight excluding hydrogens is 274 g/mol. The first kappa shape index (κ1) is 14.1. The van der Waals surface area contributed by atoms with Crippen LogP contribution in [0.2, 0.25) is 0 Å². The maximum absolute atomic E-state index is 11.7. The van der Waals surface area contributed by atoms with Gasteiger partial charge in [-0.2, -0.15) is 0 Å². The van der Waals surface area contributed by atoms with Crippen LogP contribution in [0, 0.1) is 0 Å². The van der Waals surface area contributed by atoms with E-state index in [-0.39, 0.29) is 0 Å². The number of esters is 1. The van der Waals surface area contributed by atoms with Gasteiger partial charge in [0.2, 0.25) is 0 Å². The molecule has 1 spiro atoms. The molecule has 7 heteroatoms. The van der Waals surface area contributed by atoms with Crippen LogP contribution in [0.25, 0.3) is 0 Å². The number of hydrogen-bond donors (Lipinski definition) is 1. The fourth-order valence-corrected chi connectivity index (χ4v) is 2.83. The Labute approximate surface area is 123 Å². The summed E-state index contributed by atoms with van der Waals surface area (Å²) in [5.41, 5.74) is 6.42. The van der Waals surface area contributed by atoms with Crippen molar-refractivity contribution in [1.29, 1.82) is 0 Å². The number of nitrogens with zero attached hydrogens (tertiary/aromatic N) is 2. The molecule has 2 aliphatic rings. The molecule has 2 aliphatic heterocycles. The van der Waals surface area contributed by atoms with E-state index in [1.807, 2.05) is 0 Å². The lowest BCUT2D eigenvalue weighted by molar-refractivity contribution is -0.161. The molecule has 2 fully saturated rings. The summed E-state index contributed by atoms with van der Waals surface area (Å²) in [7, 11) is 1.33. The van der Waals surface area contributed by atoms with E-state index >= 15 is 0 Å². The van der Waals surface area contributed by atoms with Crippen LogP contribution >= 0.6 is 0 Å². The van der Waals surface area contributed by atoms with Crippen molar-refractivity contribution >= 4 is 17.5 Å². The molecule has 3 rings (SSSR count). The zero-order valence-corrected chi connectivity index (χ0v) is 12.0. The number of anilines is 2. The lowest BCUT2D eigenvalue weighted by Crippen LogP contribution is -2.49. The Morgan fingerprint density at radius 2 is 2.24 bits per heavy atom. The maximum Gasteiger partial charge on any atom is 0.340 e. The van der Waals surface area contributed by atoms with Crippen LogP contribution in [0.5, 0.6) is 0 Å². The minimum Gasteiger partial charge on any atom is -0.465 e. The predicted octanol–water partition coefficient (Wildman–Crippen LogP) is 0.794. The number of carbonyl (C=O) groups excluding carboxylic acids is 1. The Morgan fingerprint density at radius 1 is 1.48 bits per heavy atom. The van der Waals surface area contributed by atoms with Crippen molar-refractivity contribution in [2.75, 3.05) is 44.0 Å². The van der Waals surface area contributed by atoms with Crippen molar-refractivity contribution in [3.8, 4) is 0 Å². The number of pyridine rings is 1. The van der Waals surface area contributed by atoms with Crippen LogP contribution in [0.4, 0.5) is 11.5 Å². The normalized spacial score (nSPS) is 20.7. The molecule has 0 aromatic carbocycles. The van der Waals surface area contributed by atoms with E-state index in [0.717, 1.165) is 19.4 Å². The number of nitrogen functional groups attached to an aromatic ring is 1. The van der Waals surface area contributed by atoms with E-state index in [2.05, 4.69) is 9.88 Å². The van der Waals surface area contributed by atoms with Crippen LogP contribution in [-0.4, -0.2) is 50.2 Å². The van der Waals surface area contributed by atoms with Crippen molar-refractivity contribution in [2.45, 2.75) is 18.6 Å². The summed E-state index contributed by atoms with van der Waals surface area (Å²) < 4.78 is 16.2. The molecule has 0 atom stereocenters. The first-order valence-electron chi connectivity index (χ1n) is 7.00. The number of methoxy groups -OCH3 is 1. The molecule has 114 valence electrons. The Kier molecular flexibility index (Phi) is 3.69. The molecule has 2 saturated heterocycles. The highest BCUT2D eigenvalue weighted by atomic mass is 16.7. The van der Waals surface area contributed by atoms with E-state index in [1.54, 1.807) is 6.07 Å². The van der Waals surface area contributed by atoms with Gasteiger partial charge >= 0.3 is 5.97 Å². The summed E-state index contributed by atoms with van der Waals surface area (Å²) in [6.07, 6.45) is 3.31. The predicted molar refractivity (Wildman–Crippen MR) is 76.1 cm³/mol. The van der Waals surface area contributed by atoms with Gasteiger partial charge in [-0.05, 0) is 12.5 Å². The van der Waals surface area contributed by atoms with Crippen LogP contribution in [0.3, 0.4) is 0 Å². The van der Waals surface area contributed by atoms with E-state index in [0.29, 0.717) is 36.8 Å². The Hall–Kier alpha value is -1.86. The lowest BCUT2D eigenvalue weighted by Gasteiger charge is -2.39. The van der Waals surface area contributed by atoms with Crippen molar-refractivity contribution < 1.29 is 19.0 Å². The summed E-state index contributed by atoms with van der Waals surface area (Å²) in [4.78, 5) is 18.1. The highest BCUT2D eigenvalue weighted by molar-refractivity contribution is 5.95. The number of nitrogens with two attached hydrogens (primary N) is 1. The van der Waals surface area contributed by atoms with Crippen molar-refractivity contribution in [3.63, 3.8) is 0 Å². The first-order valence-corrected chi connectivity index (χ1v) is 7.00. The summed E-state index contributed by atoms with van der Waals surface area (Å²) in [6.45, 7) is 2.68. The largest absolute Gasteiger partial charge is 0.465 e. The van der Waals surface area contributed by atoms with Gasteiger partial charge < -0.3 is 24.8 Å². The number of carbonyl (C=O) groups is 1. The zero-order chi connectivity index (χ0) is 14.9. The SMILES string of the molecule is COC(=O)c1cc(N2CCCC3(C2)OCCO3)ncc1N. The topological polar surface area (TPSA) is 86.9 Å². The van der Waals surface area contributed by atoms with Gasteiger partial charge in [-0.25, -0.2) is 9.78 Å². The third-order valence-electron chi connectivity index (χ3n) is 3.88. The third kappa shape index (κ3) is 2.66. The minimum absolute atomic E-state index is 0.311. The average Bonchev–Trinajstić information content (AvgIpc) is 2.94. The van der Waals surface area contributed by atoms with Gasteiger partial charge in [0.25, 0.3) is 0 Å². The van der Waals surface area contributed by atoms with Gasteiger partial charge in [-0.3, -0.25) is 0 Å². The third-order valence-corrected chi connectivity index (χ3v) is 3.88. The Bertz CT molecular complexity index is 543. The Morgan fingerprint density at radius 3 is 2.95 bits per heavy atom. The molecule has 0 amide bonds. The molecule has 0 bridgehead atoms. The van der Waals surface area contributed by atoms with Gasteiger partial charge in [0.15, 0.2) is 5.79 Å². The molecule has 2 N–H and O–H groups in total. The highest BCUT2D eigenvalue weighted by Crippen LogP contribution is 2.32. The van der Waals surface area contributed by atoms with Gasteiger partial charge in [0.05, 0.1) is 44.3 Å². The van der Waals surface area contributed by atoms with E-state index in [1.165, 1.54) is 13.3 Å².